The molecule has 1 atom stereocenters. The molecule has 4 nitrogen and oxygen atoms in total. The van der Waals surface area contributed by atoms with E-state index in [0.717, 1.165) is 0 Å². The van der Waals surface area contributed by atoms with E-state index in [1.54, 1.807) is 6.92 Å². The molecule has 0 heterocycles. The van der Waals surface area contributed by atoms with E-state index in [9.17, 15) is 9.59 Å². The Morgan fingerprint density at radius 3 is 2.40 bits per heavy atom. The van der Waals surface area contributed by atoms with E-state index >= 15 is 0 Å². The van der Waals surface area contributed by atoms with Crippen LogP contribution in [0.15, 0.2) is 0 Å². The fourth-order valence-corrected chi connectivity index (χ4v) is 0.600. The fourth-order valence-electron chi connectivity index (χ4n) is 0.600. The Kier molecular flexibility index (Phi) is 3.64. The summed E-state index contributed by atoms with van der Waals surface area (Å²) in [6.45, 7) is 1.67. The standard InChI is InChI=1S/C6H11NO3/c1-4(7)2-5(8)3-6(9)10/h4H,2-3,7H2,1H3,(H,9,10). The quantitative estimate of drug-likeness (QED) is 0.535. The Hall–Kier alpha value is -0.900. The molecule has 0 aromatic rings. The summed E-state index contributed by atoms with van der Waals surface area (Å²) in [7, 11) is 0. The van der Waals surface area contributed by atoms with Crippen LogP contribution in [0.3, 0.4) is 0 Å². The Morgan fingerprint density at radius 2 is 2.10 bits per heavy atom. The molecule has 0 bridgehead atoms. The van der Waals surface area contributed by atoms with Crippen LogP contribution in [-0.4, -0.2) is 22.9 Å². The molecule has 0 saturated heterocycles. The third-order valence-electron chi connectivity index (χ3n) is 0.898. The van der Waals surface area contributed by atoms with Crippen molar-refractivity contribution >= 4 is 11.8 Å². The van der Waals surface area contributed by atoms with Gasteiger partial charge in [0.2, 0.25) is 0 Å². The summed E-state index contributed by atoms with van der Waals surface area (Å²) < 4.78 is 0. The third-order valence-corrected chi connectivity index (χ3v) is 0.898. The van der Waals surface area contributed by atoms with Crippen molar-refractivity contribution in [3.63, 3.8) is 0 Å². The summed E-state index contributed by atoms with van der Waals surface area (Å²) in [6.07, 6.45) is -0.270. The summed E-state index contributed by atoms with van der Waals surface area (Å²) in [5.41, 5.74) is 5.26. The Morgan fingerprint density at radius 1 is 1.60 bits per heavy atom. The van der Waals surface area contributed by atoms with Crippen LogP contribution in [0.4, 0.5) is 0 Å². The first-order valence-electron chi connectivity index (χ1n) is 3.01. The van der Waals surface area contributed by atoms with Gasteiger partial charge in [0.05, 0.1) is 0 Å². The molecule has 0 fully saturated rings. The summed E-state index contributed by atoms with van der Waals surface area (Å²) in [5, 5.41) is 8.14. The highest BCUT2D eigenvalue weighted by molar-refractivity contribution is 5.94. The lowest BCUT2D eigenvalue weighted by Crippen LogP contribution is -2.21. The lowest BCUT2D eigenvalue weighted by atomic mass is 10.1. The van der Waals surface area contributed by atoms with Gasteiger partial charge >= 0.3 is 5.97 Å². The first kappa shape index (κ1) is 9.10. The average Bonchev–Trinajstić information content (AvgIpc) is 1.58. The fraction of sp³-hybridized carbons (Fsp3) is 0.667. The molecule has 0 radical (unpaired) electrons. The topological polar surface area (TPSA) is 80.4 Å². The molecule has 58 valence electrons. The Balaban J connectivity index is 3.54. The molecule has 0 aromatic heterocycles. The van der Waals surface area contributed by atoms with Crippen LogP contribution in [0.5, 0.6) is 0 Å². The van der Waals surface area contributed by atoms with Crippen LogP contribution >= 0.6 is 0 Å². The SMILES string of the molecule is CC(N)CC(=O)CC(=O)O. The van der Waals surface area contributed by atoms with Crippen LogP contribution < -0.4 is 5.73 Å². The van der Waals surface area contributed by atoms with Gasteiger partial charge in [-0.25, -0.2) is 0 Å². The van der Waals surface area contributed by atoms with Crippen LogP contribution in [0.25, 0.3) is 0 Å². The van der Waals surface area contributed by atoms with Crippen molar-refractivity contribution < 1.29 is 14.7 Å². The second-order valence-electron chi connectivity index (χ2n) is 2.29. The van der Waals surface area contributed by atoms with Crippen molar-refractivity contribution in [1.82, 2.24) is 0 Å². The maximum absolute atomic E-state index is 10.6. The van der Waals surface area contributed by atoms with Crippen molar-refractivity contribution in [3.05, 3.63) is 0 Å². The van der Waals surface area contributed by atoms with Gasteiger partial charge in [-0.1, -0.05) is 0 Å². The van der Waals surface area contributed by atoms with Crippen LogP contribution in [-0.2, 0) is 9.59 Å². The molecule has 0 amide bonds. The van der Waals surface area contributed by atoms with Crippen LogP contribution in [0.1, 0.15) is 19.8 Å². The van der Waals surface area contributed by atoms with E-state index < -0.39 is 12.4 Å². The van der Waals surface area contributed by atoms with E-state index in [-0.39, 0.29) is 18.2 Å². The van der Waals surface area contributed by atoms with Gasteiger partial charge < -0.3 is 10.8 Å². The van der Waals surface area contributed by atoms with E-state index in [1.165, 1.54) is 0 Å². The molecule has 0 aliphatic rings. The van der Waals surface area contributed by atoms with Gasteiger partial charge in [-0.05, 0) is 6.92 Å². The smallest absolute Gasteiger partial charge is 0.310 e. The highest BCUT2D eigenvalue weighted by Gasteiger charge is 2.08. The summed E-state index contributed by atoms with van der Waals surface area (Å²) in [6, 6.07) is -0.244. The zero-order valence-corrected chi connectivity index (χ0v) is 5.83. The minimum absolute atomic E-state index is 0.145. The molecule has 0 saturated carbocycles. The van der Waals surface area contributed by atoms with Crippen molar-refractivity contribution in [1.29, 1.82) is 0 Å². The highest BCUT2D eigenvalue weighted by atomic mass is 16.4. The summed E-state index contributed by atoms with van der Waals surface area (Å²) >= 11 is 0. The lowest BCUT2D eigenvalue weighted by Gasteiger charge is -2.00. The predicted molar refractivity (Wildman–Crippen MR) is 35.5 cm³/mol. The van der Waals surface area contributed by atoms with E-state index in [0.29, 0.717) is 0 Å². The zero-order valence-electron chi connectivity index (χ0n) is 5.83. The van der Waals surface area contributed by atoms with Gasteiger partial charge in [0.15, 0.2) is 0 Å². The minimum atomic E-state index is -1.09. The van der Waals surface area contributed by atoms with Gasteiger partial charge in [-0.15, -0.1) is 0 Å². The summed E-state index contributed by atoms with van der Waals surface area (Å²) in [4.78, 5) is 20.5. The Bertz CT molecular complexity index is 142. The van der Waals surface area contributed by atoms with Crippen molar-refractivity contribution in [2.75, 3.05) is 0 Å². The van der Waals surface area contributed by atoms with Crippen LogP contribution in [0.2, 0.25) is 0 Å². The molecule has 3 N–H and O–H groups in total. The molecule has 0 spiro atoms. The number of hydrogen-bond acceptors (Lipinski definition) is 3. The predicted octanol–water partition coefficient (Wildman–Crippen LogP) is -0.233. The second kappa shape index (κ2) is 4.00. The molecule has 0 aliphatic heterocycles. The van der Waals surface area contributed by atoms with E-state index in [2.05, 4.69) is 0 Å². The number of aliphatic carboxylic acids is 1. The zero-order chi connectivity index (χ0) is 8.15. The first-order chi connectivity index (χ1) is 4.52. The van der Waals surface area contributed by atoms with Crippen LogP contribution in [0, 0.1) is 0 Å². The number of carboxylic acids is 1. The number of Topliss-reactive ketones (excluding diaryl/α,β-unsaturated/α-hetero) is 1. The third kappa shape index (κ3) is 5.24. The molecule has 0 aromatic carbocycles. The van der Waals surface area contributed by atoms with Gasteiger partial charge in [-0.2, -0.15) is 0 Å². The molecule has 0 rings (SSSR count). The van der Waals surface area contributed by atoms with Gasteiger partial charge in [0, 0.05) is 12.5 Å². The largest absolute Gasteiger partial charge is 0.481 e. The Labute approximate surface area is 59.0 Å². The molecular formula is C6H11NO3. The van der Waals surface area contributed by atoms with Gasteiger partial charge in [-0.3, -0.25) is 9.59 Å². The minimum Gasteiger partial charge on any atom is -0.481 e. The summed E-state index contributed by atoms with van der Waals surface area (Å²) in [5.74, 6) is -1.41. The molecule has 1 unspecified atom stereocenters. The van der Waals surface area contributed by atoms with Crippen molar-refractivity contribution in [3.8, 4) is 0 Å². The van der Waals surface area contributed by atoms with Crippen molar-refractivity contribution in [2.45, 2.75) is 25.8 Å². The maximum Gasteiger partial charge on any atom is 0.310 e. The van der Waals surface area contributed by atoms with E-state index in [1.807, 2.05) is 0 Å². The molecule has 4 heteroatoms. The number of carboxylic acid groups (broad SMARTS) is 1. The van der Waals surface area contributed by atoms with Crippen molar-refractivity contribution in [2.24, 2.45) is 5.73 Å². The lowest BCUT2D eigenvalue weighted by molar-refractivity contribution is -0.140. The first-order valence-corrected chi connectivity index (χ1v) is 3.01. The van der Waals surface area contributed by atoms with Gasteiger partial charge in [0.25, 0.3) is 0 Å². The number of carbonyl (C=O) groups excluding carboxylic acids is 1. The number of ketones is 1. The number of rotatable bonds is 4. The molecule has 0 aliphatic carbocycles. The molecular weight excluding hydrogens is 134 g/mol. The maximum atomic E-state index is 10.6. The number of nitrogens with two attached hydrogens (primary N) is 1. The highest BCUT2D eigenvalue weighted by Crippen LogP contribution is 1.92. The van der Waals surface area contributed by atoms with E-state index in [4.69, 9.17) is 10.8 Å². The normalized spacial score (nSPS) is 12.6. The number of carbonyl (C=O) groups is 2. The number of hydrogen-bond donors (Lipinski definition) is 2. The van der Waals surface area contributed by atoms with Gasteiger partial charge in [0.1, 0.15) is 12.2 Å². The average molecular weight is 145 g/mol. The monoisotopic (exact) mass is 145 g/mol. The second-order valence-corrected chi connectivity index (χ2v) is 2.29. The molecule has 10 heavy (non-hydrogen) atoms.